The zero-order valence-electron chi connectivity index (χ0n) is 15.6. The molecule has 29 heavy (non-hydrogen) atoms. The van der Waals surface area contributed by atoms with E-state index in [0.29, 0.717) is 11.5 Å². The van der Waals surface area contributed by atoms with Gasteiger partial charge in [0.15, 0.2) is 6.23 Å². The third kappa shape index (κ3) is 3.10. The first-order chi connectivity index (χ1) is 14.1. The monoisotopic (exact) mass is 408 g/mol. The maximum absolute atomic E-state index is 10.5. The number of para-hydroxylation sites is 1. The van der Waals surface area contributed by atoms with Gasteiger partial charge in [0.2, 0.25) is 0 Å². The lowest BCUT2D eigenvalue weighted by Gasteiger charge is -2.17. The second-order valence-electron chi connectivity index (χ2n) is 7.05. The van der Waals surface area contributed by atoms with E-state index in [1.54, 1.807) is 22.8 Å². The van der Waals surface area contributed by atoms with E-state index in [1.165, 1.54) is 6.33 Å². The average molecular weight is 408 g/mol. The van der Waals surface area contributed by atoms with Crippen molar-refractivity contribution >= 4 is 33.9 Å². The van der Waals surface area contributed by atoms with Crippen LogP contribution >= 0.6 is 11.3 Å². The molecule has 148 valence electrons. The van der Waals surface area contributed by atoms with Gasteiger partial charge in [0.25, 0.3) is 0 Å². The number of ether oxygens (including phenoxy) is 1. The van der Waals surface area contributed by atoms with Crippen molar-refractivity contribution in [2.75, 3.05) is 5.32 Å². The van der Waals surface area contributed by atoms with Crippen LogP contribution < -0.4 is 5.32 Å². The molecule has 0 saturated carbocycles. The van der Waals surface area contributed by atoms with Gasteiger partial charge < -0.3 is 24.8 Å². The van der Waals surface area contributed by atoms with E-state index in [-0.39, 0.29) is 0 Å². The smallest absolute Gasteiger partial charge is 0.164 e. The number of thiophene rings is 1. The Hall–Kier alpha value is -2.78. The molecule has 4 atom stereocenters. The summed E-state index contributed by atoms with van der Waals surface area (Å²) in [5.41, 5.74) is 2.49. The van der Waals surface area contributed by atoms with Crippen LogP contribution in [0.15, 0.2) is 60.4 Å². The molecule has 7 nitrogen and oxygen atoms in total. The molecule has 3 aromatic heterocycles. The van der Waals surface area contributed by atoms with Crippen LogP contribution in [0.4, 0.5) is 11.5 Å². The van der Waals surface area contributed by atoms with E-state index in [0.717, 1.165) is 21.5 Å². The fourth-order valence-electron chi connectivity index (χ4n) is 3.71. The summed E-state index contributed by atoms with van der Waals surface area (Å²) in [7, 11) is 0. The minimum absolute atomic E-state index is 0.471. The lowest BCUT2D eigenvalue weighted by molar-refractivity contribution is -0.0295. The Morgan fingerprint density at radius 2 is 1.90 bits per heavy atom. The predicted molar refractivity (Wildman–Crippen MR) is 112 cm³/mol. The normalized spacial score (nSPS) is 24.2. The Morgan fingerprint density at radius 1 is 1.07 bits per heavy atom. The van der Waals surface area contributed by atoms with Crippen LogP contribution in [0.3, 0.4) is 0 Å². The fraction of sp³-hybridized carbons (Fsp3) is 0.238. The van der Waals surface area contributed by atoms with Crippen molar-refractivity contribution in [3.8, 4) is 10.4 Å². The summed E-state index contributed by atoms with van der Waals surface area (Å²) >= 11 is 1.61. The topological polar surface area (TPSA) is 92.4 Å². The SMILES string of the molecule is C[C@@H]1O[C@@H](n2cc(-c3cccs3)c3c(Nc4ccccc4)ncnc32)[C@H](O)[C@@H]1O. The summed E-state index contributed by atoms with van der Waals surface area (Å²) in [6, 6.07) is 13.8. The number of nitrogens with zero attached hydrogens (tertiary/aromatic N) is 3. The molecule has 0 radical (unpaired) electrons. The van der Waals surface area contributed by atoms with Gasteiger partial charge in [-0.3, -0.25) is 0 Å². The molecule has 1 aromatic carbocycles. The number of aromatic nitrogens is 3. The lowest BCUT2D eigenvalue weighted by atomic mass is 10.1. The van der Waals surface area contributed by atoms with Crippen LogP contribution in [-0.4, -0.2) is 43.1 Å². The number of aliphatic hydroxyl groups excluding tert-OH is 2. The third-order valence-electron chi connectivity index (χ3n) is 5.18. The largest absolute Gasteiger partial charge is 0.388 e. The second-order valence-corrected chi connectivity index (χ2v) is 8.00. The number of benzene rings is 1. The number of rotatable bonds is 4. The van der Waals surface area contributed by atoms with Crippen molar-refractivity contribution in [1.29, 1.82) is 0 Å². The summed E-state index contributed by atoms with van der Waals surface area (Å²) in [4.78, 5) is 10.0. The van der Waals surface area contributed by atoms with Crippen LogP contribution in [0.25, 0.3) is 21.5 Å². The van der Waals surface area contributed by atoms with Crippen LogP contribution in [-0.2, 0) is 4.74 Å². The van der Waals surface area contributed by atoms with Crippen molar-refractivity contribution in [2.24, 2.45) is 0 Å². The summed E-state index contributed by atoms with van der Waals surface area (Å²) < 4.78 is 7.65. The first kappa shape index (κ1) is 18.3. The molecule has 0 unspecified atom stereocenters. The number of aliphatic hydroxyl groups is 2. The molecule has 3 N–H and O–H groups in total. The van der Waals surface area contributed by atoms with Gasteiger partial charge in [0.05, 0.1) is 11.5 Å². The summed E-state index contributed by atoms with van der Waals surface area (Å²) in [6.45, 7) is 1.75. The number of anilines is 2. The lowest BCUT2D eigenvalue weighted by Crippen LogP contribution is -2.30. The number of hydrogen-bond donors (Lipinski definition) is 3. The van der Waals surface area contributed by atoms with Gasteiger partial charge in [-0.25, -0.2) is 9.97 Å². The molecule has 1 aliphatic rings. The standard InChI is InChI=1S/C21H20N4O3S/c1-12-17(26)18(27)21(28-12)25-10-14(15-8-5-9-29-15)16-19(22-11-23-20(16)25)24-13-6-3-2-4-7-13/h2-12,17-18,21,26-27H,1H3,(H,22,23,24)/t12-,17+,18+,21+/m0/s1. The van der Waals surface area contributed by atoms with Crippen molar-refractivity contribution < 1.29 is 14.9 Å². The maximum Gasteiger partial charge on any atom is 0.164 e. The number of fused-ring (bicyclic) bond motifs is 1. The van der Waals surface area contributed by atoms with Crippen molar-refractivity contribution in [2.45, 2.75) is 31.5 Å². The van der Waals surface area contributed by atoms with Crippen molar-refractivity contribution in [3.05, 3.63) is 60.4 Å². The van der Waals surface area contributed by atoms with E-state index < -0.39 is 24.5 Å². The summed E-state index contributed by atoms with van der Waals surface area (Å²) in [6.07, 6.45) is 0.212. The minimum Gasteiger partial charge on any atom is -0.388 e. The van der Waals surface area contributed by atoms with E-state index in [9.17, 15) is 10.2 Å². The Kier molecular flexibility index (Phi) is 4.56. The molecular weight excluding hydrogens is 388 g/mol. The fourth-order valence-corrected chi connectivity index (χ4v) is 4.45. The number of nitrogens with one attached hydrogen (secondary N) is 1. The number of hydrogen-bond acceptors (Lipinski definition) is 7. The Balaban J connectivity index is 1.69. The van der Waals surface area contributed by atoms with Gasteiger partial charge in [-0.15, -0.1) is 11.3 Å². The zero-order chi connectivity index (χ0) is 20.0. The van der Waals surface area contributed by atoms with Crippen LogP contribution in [0.2, 0.25) is 0 Å². The highest BCUT2D eigenvalue weighted by Crippen LogP contribution is 2.40. The quantitative estimate of drug-likeness (QED) is 0.478. The molecular formula is C21H20N4O3S. The highest BCUT2D eigenvalue weighted by molar-refractivity contribution is 7.13. The molecule has 0 amide bonds. The van der Waals surface area contributed by atoms with Gasteiger partial charge in [-0.1, -0.05) is 24.3 Å². The van der Waals surface area contributed by atoms with Crippen molar-refractivity contribution in [1.82, 2.24) is 14.5 Å². The molecule has 1 fully saturated rings. The van der Waals surface area contributed by atoms with E-state index in [1.807, 2.05) is 54.0 Å². The molecule has 0 spiro atoms. The zero-order valence-corrected chi connectivity index (χ0v) is 16.5. The van der Waals surface area contributed by atoms with Gasteiger partial charge in [0.1, 0.15) is 30.0 Å². The average Bonchev–Trinajstić information content (AvgIpc) is 3.45. The molecule has 4 aromatic rings. The second kappa shape index (κ2) is 7.23. The third-order valence-corrected chi connectivity index (χ3v) is 6.09. The highest BCUT2D eigenvalue weighted by Gasteiger charge is 2.42. The predicted octanol–water partition coefficient (Wildman–Crippen LogP) is 3.54. The molecule has 1 saturated heterocycles. The maximum atomic E-state index is 10.5. The van der Waals surface area contributed by atoms with Crippen LogP contribution in [0.5, 0.6) is 0 Å². The summed E-state index contributed by atoms with van der Waals surface area (Å²) in [5.74, 6) is 0.671. The van der Waals surface area contributed by atoms with E-state index in [2.05, 4.69) is 15.3 Å². The van der Waals surface area contributed by atoms with Gasteiger partial charge >= 0.3 is 0 Å². The van der Waals surface area contributed by atoms with Gasteiger partial charge in [-0.2, -0.15) is 0 Å². The first-order valence-electron chi connectivity index (χ1n) is 9.36. The summed E-state index contributed by atoms with van der Waals surface area (Å²) in [5, 5.41) is 26.9. The Bertz CT molecular complexity index is 1130. The molecule has 5 rings (SSSR count). The molecule has 1 aliphatic heterocycles. The first-order valence-corrected chi connectivity index (χ1v) is 10.2. The highest BCUT2D eigenvalue weighted by atomic mass is 32.1. The van der Waals surface area contributed by atoms with Gasteiger partial charge in [0, 0.05) is 22.3 Å². The molecule has 0 bridgehead atoms. The van der Waals surface area contributed by atoms with E-state index >= 15 is 0 Å². The molecule has 0 aliphatic carbocycles. The minimum atomic E-state index is -1.04. The van der Waals surface area contributed by atoms with Crippen LogP contribution in [0, 0.1) is 0 Å². The van der Waals surface area contributed by atoms with Crippen molar-refractivity contribution in [3.63, 3.8) is 0 Å². The van der Waals surface area contributed by atoms with E-state index in [4.69, 9.17) is 4.74 Å². The van der Waals surface area contributed by atoms with Crippen LogP contribution in [0.1, 0.15) is 13.2 Å². The Labute approximate surface area is 171 Å². The van der Waals surface area contributed by atoms with Gasteiger partial charge in [-0.05, 0) is 30.5 Å². The molecule has 8 heteroatoms. The molecule has 4 heterocycles. The Morgan fingerprint density at radius 3 is 2.59 bits per heavy atom.